The highest BCUT2D eigenvalue weighted by Gasteiger charge is 2.15. The van der Waals surface area contributed by atoms with Gasteiger partial charge in [-0.25, -0.2) is 0 Å². The molecular formula is C18H20N2S. The highest BCUT2D eigenvalue weighted by molar-refractivity contribution is 7.17. The van der Waals surface area contributed by atoms with Crippen LogP contribution in [0.5, 0.6) is 0 Å². The van der Waals surface area contributed by atoms with Crippen molar-refractivity contribution >= 4 is 21.4 Å². The van der Waals surface area contributed by atoms with E-state index in [0.717, 1.165) is 17.8 Å². The highest BCUT2D eigenvalue weighted by atomic mass is 32.1. The van der Waals surface area contributed by atoms with Crippen molar-refractivity contribution < 1.29 is 0 Å². The standard InChI is InChI=1S/C18H20N2S/c1-12-8-9-15(13(2)20-12)17(19-3)10-14-11-21-18-7-5-4-6-16(14)18/h4-9,11,17,19H,10H2,1-3H3. The van der Waals surface area contributed by atoms with Crippen molar-refractivity contribution in [2.45, 2.75) is 26.3 Å². The van der Waals surface area contributed by atoms with Crippen molar-refractivity contribution in [2.24, 2.45) is 0 Å². The fourth-order valence-corrected chi connectivity index (χ4v) is 3.82. The van der Waals surface area contributed by atoms with Gasteiger partial charge in [-0.05, 0) is 61.3 Å². The number of thiophene rings is 1. The lowest BCUT2D eigenvalue weighted by molar-refractivity contribution is 0.588. The fraction of sp³-hybridized carbons (Fsp3) is 0.278. The molecule has 0 aliphatic carbocycles. The van der Waals surface area contributed by atoms with E-state index in [2.05, 4.69) is 59.0 Å². The first-order chi connectivity index (χ1) is 10.2. The molecule has 0 aliphatic rings. The Hall–Kier alpha value is -1.71. The lowest BCUT2D eigenvalue weighted by atomic mass is 9.97. The first-order valence-corrected chi connectivity index (χ1v) is 8.13. The van der Waals surface area contributed by atoms with Crippen molar-refractivity contribution in [1.29, 1.82) is 0 Å². The molecule has 3 aromatic rings. The van der Waals surface area contributed by atoms with Crippen molar-refractivity contribution in [3.05, 3.63) is 64.3 Å². The van der Waals surface area contributed by atoms with Gasteiger partial charge < -0.3 is 5.32 Å². The molecule has 3 rings (SSSR count). The van der Waals surface area contributed by atoms with Crippen LogP contribution >= 0.6 is 11.3 Å². The minimum absolute atomic E-state index is 0.302. The van der Waals surface area contributed by atoms with Gasteiger partial charge in [0.25, 0.3) is 0 Å². The van der Waals surface area contributed by atoms with Gasteiger partial charge in [-0.3, -0.25) is 4.98 Å². The summed E-state index contributed by atoms with van der Waals surface area (Å²) < 4.78 is 1.36. The van der Waals surface area contributed by atoms with E-state index in [4.69, 9.17) is 0 Å². The van der Waals surface area contributed by atoms with Crippen LogP contribution in [0.3, 0.4) is 0 Å². The number of hydrogen-bond acceptors (Lipinski definition) is 3. The molecule has 1 unspecified atom stereocenters. The second kappa shape index (κ2) is 5.96. The molecule has 0 fully saturated rings. The molecule has 3 heteroatoms. The molecule has 1 atom stereocenters. The number of nitrogens with one attached hydrogen (secondary N) is 1. The van der Waals surface area contributed by atoms with Gasteiger partial charge in [0.1, 0.15) is 0 Å². The van der Waals surface area contributed by atoms with Gasteiger partial charge in [0.2, 0.25) is 0 Å². The smallest absolute Gasteiger partial charge is 0.0423 e. The summed E-state index contributed by atoms with van der Waals surface area (Å²) in [5.74, 6) is 0. The van der Waals surface area contributed by atoms with E-state index in [-0.39, 0.29) is 0 Å². The van der Waals surface area contributed by atoms with Gasteiger partial charge in [0.05, 0.1) is 0 Å². The van der Waals surface area contributed by atoms with E-state index in [9.17, 15) is 0 Å². The number of rotatable bonds is 4. The predicted molar refractivity (Wildman–Crippen MR) is 91.0 cm³/mol. The number of benzene rings is 1. The molecule has 2 aromatic heterocycles. The molecule has 0 saturated heterocycles. The van der Waals surface area contributed by atoms with E-state index in [1.807, 2.05) is 25.3 Å². The van der Waals surface area contributed by atoms with Gasteiger partial charge in [-0.2, -0.15) is 0 Å². The molecule has 1 N–H and O–H groups in total. The third kappa shape index (κ3) is 2.85. The largest absolute Gasteiger partial charge is 0.313 e. The lowest BCUT2D eigenvalue weighted by Crippen LogP contribution is -2.20. The lowest BCUT2D eigenvalue weighted by Gasteiger charge is -2.18. The Kier molecular flexibility index (Phi) is 4.04. The quantitative estimate of drug-likeness (QED) is 0.771. The molecule has 0 aliphatic heterocycles. The summed E-state index contributed by atoms with van der Waals surface area (Å²) >= 11 is 1.82. The predicted octanol–water partition coefficient (Wildman–Crippen LogP) is 4.42. The van der Waals surface area contributed by atoms with Crippen LogP contribution in [0.1, 0.15) is 28.6 Å². The second-order valence-electron chi connectivity index (χ2n) is 5.43. The normalized spacial score (nSPS) is 12.7. The summed E-state index contributed by atoms with van der Waals surface area (Å²) in [4.78, 5) is 4.60. The molecule has 1 aromatic carbocycles. The first-order valence-electron chi connectivity index (χ1n) is 7.25. The van der Waals surface area contributed by atoms with Gasteiger partial charge in [-0.1, -0.05) is 24.3 Å². The molecule has 2 nitrogen and oxygen atoms in total. The molecular weight excluding hydrogens is 276 g/mol. The first kappa shape index (κ1) is 14.2. The summed E-state index contributed by atoms with van der Waals surface area (Å²) in [7, 11) is 2.03. The summed E-state index contributed by atoms with van der Waals surface area (Å²) in [6.07, 6.45) is 0.992. The monoisotopic (exact) mass is 296 g/mol. The Morgan fingerprint density at radius 1 is 1.14 bits per heavy atom. The van der Waals surface area contributed by atoms with Crippen LogP contribution in [0.15, 0.2) is 41.8 Å². The van der Waals surface area contributed by atoms with E-state index in [0.29, 0.717) is 6.04 Å². The maximum absolute atomic E-state index is 4.60. The molecule has 21 heavy (non-hydrogen) atoms. The second-order valence-corrected chi connectivity index (χ2v) is 6.34. The average Bonchev–Trinajstić information content (AvgIpc) is 2.89. The van der Waals surface area contributed by atoms with Crippen molar-refractivity contribution in [1.82, 2.24) is 10.3 Å². The van der Waals surface area contributed by atoms with Crippen LogP contribution < -0.4 is 5.32 Å². The number of aromatic nitrogens is 1. The number of aryl methyl sites for hydroxylation is 2. The number of pyridine rings is 1. The molecule has 0 amide bonds. The Balaban J connectivity index is 1.94. The van der Waals surface area contributed by atoms with E-state index < -0.39 is 0 Å². The third-order valence-electron chi connectivity index (χ3n) is 3.98. The topological polar surface area (TPSA) is 24.9 Å². The summed E-state index contributed by atoms with van der Waals surface area (Å²) in [5.41, 5.74) is 4.90. The molecule has 108 valence electrons. The zero-order chi connectivity index (χ0) is 14.8. The molecule has 2 heterocycles. The summed E-state index contributed by atoms with van der Waals surface area (Å²) in [6, 6.07) is 13.2. The Bertz CT molecular complexity index is 761. The number of likely N-dealkylation sites (N-methyl/N-ethyl adjacent to an activating group) is 1. The van der Waals surface area contributed by atoms with Gasteiger partial charge >= 0.3 is 0 Å². The van der Waals surface area contributed by atoms with Gasteiger partial charge in [0, 0.05) is 22.1 Å². The minimum Gasteiger partial charge on any atom is -0.313 e. The highest BCUT2D eigenvalue weighted by Crippen LogP contribution is 2.30. The van der Waals surface area contributed by atoms with E-state index in [1.165, 1.54) is 21.2 Å². The third-order valence-corrected chi connectivity index (χ3v) is 4.99. The maximum atomic E-state index is 4.60. The van der Waals surface area contributed by atoms with Gasteiger partial charge in [-0.15, -0.1) is 11.3 Å². The molecule has 0 radical (unpaired) electrons. The Morgan fingerprint density at radius 3 is 2.71 bits per heavy atom. The fourth-order valence-electron chi connectivity index (χ4n) is 2.84. The Labute approximate surface area is 129 Å². The summed E-state index contributed by atoms with van der Waals surface area (Å²) in [5, 5.41) is 7.11. The van der Waals surface area contributed by atoms with Crippen LogP contribution in [-0.4, -0.2) is 12.0 Å². The number of nitrogens with zero attached hydrogens (tertiary/aromatic N) is 1. The van der Waals surface area contributed by atoms with Crippen LogP contribution in [-0.2, 0) is 6.42 Å². The van der Waals surface area contributed by atoms with Crippen LogP contribution in [0.25, 0.3) is 10.1 Å². The average molecular weight is 296 g/mol. The van der Waals surface area contributed by atoms with Crippen LogP contribution in [0, 0.1) is 13.8 Å². The molecule has 0 bridgehead atoms. The number of fused-ring (bicyclic) bond motifs is 1. The zero-order valence-corrected chi connectivity index (χ0v) is 13.5. The molecule has 0 saturated carbocycles. The van der Waals surface area contributed by atoms with Crippen LogP contribution in [0.4, 0.5) is 0 Å². The van der Waals surface area contributed by atoms with E-state index >= 15 is 0 Å². The maximum Gasteiger partial charge on any atom is 0.0423 e. The SMILES string of the molecule is CNC(Cc1csc2ccccc12)c1ccc(C)nc1C. The van der Waals surface area contributed by atoms with Crippen LogP contribution in [0.2, 0.25) is 0 Å². The zero-order valence-electron chi connectivity index (χ0n) is 12.7. The molecule has 0 spiro atoms. The number of hydrogen-bond donors (Lipinski definition) is 1. The van der Waals surface area contributed by atoms with Crippen molar-refractivity contribution in [3.63, 3.8) is 0 Å². The Morgan fingerprint density at radius 2 is 1.95 bits per heavy atom. The van der Waals surface area contributed by atoms with E-state index in [1.54, 1.807) is 0 Å². The summed E-state index contributed by atoms with van der Waals surface area (Å²) in [6.45, 7) is 4.13. The van der Waals surface area contributed by atoms with Crippen molar-refractivity contribution in [3.8, 4) is 0 Å². The minimum atomic E-state index is 0.302. The van der Waals surface area contributed by atoms with Gasteiger partial charge in [0.15, 0.2) is 0 Å². The van der Waals surface area contributed by atoms with Crippen molar-refractivity contribution in [2.75, 3.05) is 7.05 Å².